The van der Waals surface area contributed by atoms with Gasteiger partial charge in [0.2, 0.25) is 12.0 Å². The molecule has 1 amide bonds. The van der Waals surface area contributed by atoms with Crippen molar-refractivity contribution in [2.45, 2.75) is 64.1 Å². The van der Waals surface area contributed by atoms with Crippen molar-refractivity contribution < 1.29 is 27.5 Å². The summed E-state index contributed by atoms with van der Waals surface area (Å²) >= 11 is 0. The summed E-state index contributed by atoms with van der Waals surface area (Å²) < 4.78 is 45.3. The van der Waals surface area contributed by atoms with E-state index in [2.05, 4.69) is 5.32 Å². The number of nitrogens with one attached hydrogen (secondary N) is 1. The molecule has 1 aromatic carbocycles. The number of carbonyl (C=O) groups is 2. The normalized spacial score (nSPS) is 13.2. The Kier molecular flexibility index (Phi) is 8.11. The van der Waals surface area contributed by atoms with Crippen LogP contribution in [-0.2, 0) is 19.7 Å². The molecular weight excluding hydrogens is 347 g/mol. The number of alkyl halides is 3. The Bertz CT molecular complexity index is 585. The molecule has 0 radical (unpaired) electrons. The number of hydrogen-bond acceptors (Lipinski definition) is 3. The summed E-state index contributed by atoms with van der Waals surface area (Å²) in [5, 5.41) is 2.65. The fourth-order valence-electron chi connectivity index (χ4n) is 2.58. The molecule has 0 aliphatic heterocycles. The van der Waals surface area contributed by atoms with E-state index in [0.29, 0.717) is 12.1 Å². The predicted molar refractivity (Wildman–Crippen MR) is 92.6 cm³/mol. The maximum atomic E-state index is 13.5. The van der Waals surface area contributed by atoms with Crippen LogP contribution in [-0.4, -0.2) is 30.7 Å². The van der Waals surface area contributed by atoms with Crippen LogP contribution < -0.4 is 5.32 Å². The lowest BCUT2D eigenvalue weighted by molar-refractivity contribution is -0.236. The molecule has 1 aromatic rings. The van der Waals surface area contributed by atoms with E-state index in [-0.39, 0.29) is 25.2 Å². The molecule has 0 fully saturated rings. The Hall–Kier alpha value is -2.05. The molecule has 26 heavy (non-hydrogen) atoms. The zero-order valence-corrected chi connectivity index (χ0v) is 15.4. The molecule has 0 saturated carbocycles. The van der Waals surface area contributed by atoms with Crippen LogP contribution in [0.4, 0.5) is 13.2 Å². The topological polar surface area (TPSA) is 55.4 Å². The summed E-state index contributed by atoms with van der Waals surface area (Å²) in [7, 11) is 0. The summed E-state index contributed by atoms with van der Waals surface area (Å²) in [6, 6.07) is 8.13. The van der Waals surface area contributed by atoms with Gasteiger partial charge in [-0.05, 0) is 18.4 Å². The highest BCUT2D eigenvalue weighted by atomic mass is 19.4. The lowest BCUT2D eigenvalue weighted by Gasteiger charge is -2.35. The lowest BCUT2D eigenvalue weighted by atomic mass is 9.79. The first-order chi connectivity index (χ1) is 12.1. The van der Waals surface area contributed by atoms with E-state index < -0.39 is 23.7 Å². The number of carbonyl (C=O) groups excluding carboxylic acids is 2. The highest BCUT2D eigenvalue weighted by molar-refractivity contribution is 5.77. The molecule has 0 aliphatic carbocycles. The quantitative estimate of drug-likeness (QED) is 0.662. The average Bonchev–Trinajstić information content (AvgIpc) is 2.57. The number of halogens is 3. The molecule has 0 spiro atoms. The van der Waals surface area contributed by atoms with E-state index in [4.69, 9.17) is 4.74 Å². The Labute approximate surface area is 152 Å². The molecule has 4 nitrogen and oxygen atoms in total. The van der Waals surface area contributed by atoms with Crippen LogP contribution in [0.5, 0.6) is 0 Å². The maximum Gasteiger partial charge on any atom is 0.426 e. The summed E-state index contributed by atoms with van der Waals surface area (Å²) in [5.41, 5.74) is -1.01. The Morgan fingerprint density at radius 2 is 1.73 bits per heavy atom. The van der Waals surface area contributed by atoms with Gasteiger partial charge < -0.3 is 10.1 Å². The monoisotopic (exact) mass is 373 g/mol. The third-order valence-corrected chi connectivity index (χ3v) is 4.08. The molecule has 0 aliphatic rings. The van der Waals surface area contributed by atoms with Gasteiger partial charge in [-0.25, -0.2) is 0 Å². The van der Waals surface area contributed by atoms with Gasteiger partial charge in [0.15, 0.2) is 0 Å². The van der Waals surface area contributed by atoms with Crippen molar-refractivity contribution in [3.05, 3.63) is 35.9 Å². The fraction of sp³-hybridized carbons (Fsp3) is 0.579. The number of hydrogen-bond donors (Lipinski definition) is 1. The van der Waals surface area contributed by atoms with Crippen molar-refractivity contribution in [2.24, 2.45) is 0 Å². The number of rotatable bonds is 9. The van der Waals surface area contributed by atoms with E-state index in [9.17, 15) is 22.8 Å². The average molecular weight is 373 g/mol. The van der Waals surface area contributed by atoms with Crippen LogP contribution in [0.25, 0.3) is 0 Å². The molecule has 0 bridgehead atoms. The Morgan fingerprint density at radius 3 is 2.27 bits per heavy atom. The molecule has 1 unspecified atom stereocenters. The highest BCUT2D eigenvalue weighted by Crippen LogP contribution is 2.39. The van der Waals surface area contributed by atoms with Gasteiger partial charge in [-0.15, -0.1) is 0 Å². The van der Waals surface area contributed by atoms with Crippen molar-refractivity contribution >= 4 is 11.9 Å². The third kappa shape index (κ3) is 6.69. The Balaban J connectivity index is 2.71. The second-order valence-electron chi connectivity index (χ2n) is 6.70. The smallest absolute Gasteiger partial charge is 0.426 e. The minimum atomic E-state index is -4.70. The van der Waals surface area contributed by atoms with Gasteiger partial charge in [-0.2, -0.15) is 13.2 Å². The first kappa shape index (κ1) is 22.0. The van der Waals surface area contributed by atoms with Crippen molar-refractivity contribution in [1.29, 1.82) is 0 Å². The van der Waals surface area contributed by atoms with Crippen LogP contribution in [0.15, 0.2) is 30.3 Å². The zero-order chi connectivity index (χ0) is 19.8. The van der Waals surface area contributed by atoms with Crippen molar-refractivity contribution in [3.63, 3.8) is 0 Å². The highest BCUT2D eigenvalue weighted by Gasteiger charge is 2.52. The van der Waals surface area contributed by atoms with Gasteiger partial charge in [0.05, 0.1) is 0 Å². The Morgan fingerprint density at radius 1 is 1.12 bits per heavy atom. The van der Waals surface area contributed by atoms with Crippen LogP contribution in [0.1, 0.15) is 52.0 Å². The molecule has 0 saturated heterocycles. The van der Waals surface area contributed by atoms with Gasteiger partial charge in [-0.1, -0.05) is 51.1 Å². The van der Waals surface area contributed by atoms with E-state index in [1.807, 2.05) is 6.92 Å². The molecule has 1 rings (SSSR count). The third-order valence-electron chi connectivity index (χ3n) is 4.08. The van der Waals surface area contributed by atoms with Crippen molar-refractivity contribution in [2.75, 3.05) is 6.54 Å². The summed E-state index contributed by atoms with van der Waals surface area (Å²) in [6.45, 7) is 5.23. The first-order valence-corrected chi connectivity index (χ1v) is 8.67. The number of benzene rings is 1. The molecular formula is C19H26F3NO3. The zero-order valence-electron chi connectivity index (χ0n) is 15.4. The van der Waals surface area contributed by atoms with Gasteiger partial charge in [-0.3, -0.25) is 9.59 Å². The summed E-state index contributed by atoms with van der Waals surface area (Å²) in [5.74, 6) is -1.18. The van der Waals surface area contributed by atoms with Gasteiger partial charge >= 0.3 is 12.1 Å². The number of amides is 1. The van der Waals surface area contributed by atoms with Crippen molar-refractivity contribution in [3.8, 4) is 0 Å². The minimum Gasteiger partial charge on any atom is -0.452 e. The molecule has 1 N–H and O–H groups in total. The van der Waals surface area contributed by atoms with Gasteiger partial charge in [0.1, 0.15) is 0 Å². The lowest BCUT2D eigenvalue weighted by Crippen LogP contribution is -2.47. The van der Waals surface area contributed by atoms with E-state index >= 15 is 0 Å². The van der Waals surface area contributed by atoms with Crippen LogP contribution in [0.3, 0.4) is 0 Å². The van der Waals surface area contributed by atoms with Crippen LogP contribution in [0.2, 0.25) is 0 Å². The van der Waals surface area contributed by atoms with Gasteiger partial charge in [0, 0.05) is 24.8 Å². The summed E-state index contributed by atoms with van der Waals surface area (Å²) in [6.07, 6.45) is -6.20. The van der Waals surface area contributed by atoms with Crippen LogP contribution >= 0.6 is 0 Å². The SMILES string of the molecule is CCCNC(=O)CCCC(=O)OC(C(F)(F)F)C(C)(C)c1ccccc1. The van der Waals surface area contributed by atoms with Crippen LogP contribution in [0, 0.1) is 0 Å². The molecule has 146 valence electrons. The largest absolute Gasteiger partial charge is 0.452 e. The number of esters is 1. The fourth-order valence-corrected chi connectivity index (χ4v) is 2.58. The molecule has 0 aromatic heterocycles. The maximum absolute atomic E-state index is 13.5. The van der Waals surface area contributed by atoms with E-state index in [0.717, 1.165) is 6.42 Å². The van der Waals surface area contributed by atoms with E-state index in [1.54, 1.807) is 30.3 Å². The van der Waals surface area contributed by atoms with Crippen molar-refractivity contribution in [1.82, 2.24) is 5.32 Å². The standard InChI is InChI=1S/C19H26F3NO3/c1-4-13-23-15(24)11-8-12-16(25)26-17(19(20,21)22)18(2,3)14-9-6-5-7-10-14/h5-7,9-10,17H,4,8,11-13H2,1-3H3,(H,23,24). The second-order valence-corrected chi connectivity index (χ2v) is 6.70. The molecule has 7 heteroatoms. The second kappa shape index (κ2) is 9.59. The molecule has 1 atom stereocenters. The first-order valence-electron chi connectivity index (χ1n) is 8.67. The molecule has 0 heterocycles. The predicted octanol–water partition coefficient (Wildman–Crippen LogP) is 4.13. The van der Waals surface area contributed by atoms with E-state index in [1.165, 1.54) is 13.8 Å². The summed E-state index contributed by atoms with van der Waals surface area (Å²) in [4.78, 5) is 23.4. The minimum absolute atomic E-state index is 0.0772. The van der Waals surface area contributed by atoms with Gasteiger partial charge in [0.25, 0.3) is 0 Å². The number of ether oxygens (including phenoxy) is 1.